The number of para-hydroxylation sites is 1. The van der Waals surface area contributed by atoms with Crippen LogP contribution in [0.1, 0.15) is 22.8 Å². The Morgan fingerprint density at radius 2 is 1.92 bits per heavy atom. The molecule has 3 rings (SSSR count). The number of nitrogen functional groups attached to an aromatic ring is 1. The largest absolute Gasteiger partial charge is 0.398 e. The number of hydrogen-bond acceptors (Lipinski definition) is 3. The Morgan fingerprint density at radius 1 is 1.17 bits per heavy atom. The van der Waals surface area contributed by atoms with Crippen molar-refractivity contribution < 1.29 is 4.79 Å². The van der Waals surface area contributed by atoms with Gasteiger partial charge in [-0.15, -0.1) is 0 Å². The Kier molecular flexibility index (Phi) is 4.08. The Labute approximate surface area is 139 Å². The van der Waals surface area contributed by atoms with Gasteiger partial charge in [0.15, 0.2) is 0 Å². The van der Waals surface area contributed by atoms with Crippen LogP contribution in [0.25, 0.3) is 10.9 Å². The molecule has 24 heavy (non-hydrogen) atoms. The number of nitrogens with zero attached hydrogens (tertiary/aromatic N) is 1. The topological polar surface area (TPSA) is 77.1 Å². The second kappa shape index (κ2) is 6.20. The molecule has 0 bridgehead atoms. The number of aromatic nitrogens is 1. The average Bonchev–Trinajstić information content (AvgIpc) is 2.57. The van der Waals surface area contributed by atoms with Gasteiger partial charge >= 0.3 is 0 Å². The number of nitrogens with one attached hydrogen (secondary N) is 1. The number of aryl methyl sites for hydroxylation is 2. The molecule has 0 spiro atoms. The van der Waals surface area contributed by atoms with Crippen LogP contribution in [0.2, 0.25) is 0 Å². The van der Waals surface area contributed by atoms with E-state index in [0.717, 1.165) is 11.1 Å². The maximum atomic E-state index is 12.8. The van der Waals surface area contributed by atoms with Crippen molar-refractivity contribution in [1.82, 2.24) is 4.57 Å². The molecule has 0 fully saturated rings. The number of anilines is 2. The lowest BCUT2D eigenvalue weighted by Crippen LogP contribution is -2.24. The molecule has 0 atom stereocenters. The Balaban J connectivity index is 2.14. The van der Waals surface area contributed by atoms with Crippen LogP contribution in [-0.2, 0) is 6.54 Å². The highest BCUT2D eigenvalue weighted by atomic mass is 16.2. The summed E-state index contributed by atoms with van der Waals surface area (Å²) < 4.78 is 1.86. The molecule has 1 amide bonds. The minimum atomic E-state index is -0.429. The standard InChI is InChI=1S/C19H19N3O2/c1-3-22-11-13(18(23)17-14(20)8-6-10-16(17)22)19(24)21-15-9-5-4-7-12(15)2/h4-11H,3,20H2,1-2H3,(H,21,24). The van der Waals surface area contributed by atoms with Gasteiger partial charge in [0.25, 0.3) is 5.91 Å². The molecule has 0 aliphatic heterocycles. The van der Waals surface area contributed by atoms with E-state index in [1.54, 1.807) is 24.4 Å². The molecule has 0 saturated carbocycles. The molecule has 1 heterocycles. The molecule has 5 heteroatoms. The van der Waals surface area contributed by atoms with E-state index in [4.69, 9.17) is 5.73 Å². The third-order valence-corrected chi connectivity index (χ3v) is 4.12. The van der Waals surface area contributed by atoms with Crippen LogP contribution in [0, 0.1) is 6.92 Å². The monoisotopic (exact) mass is 321 g/mol. The van der Waals surface area contributed by atoms with Gasteiger partial charge in [0.2, 0.25) is 5.43 Å². The fourth-order valence-corrected chi connectivity index (χ4v) is 2.79. The van der Waals surface area contributed by atoms with Gasteiger partial charge < -0.3 is 15.6 Å². The molecular formula is C19H19N3O2. The van der Waals surface area contributed by atoms with Gasteiger partial charge in [-0.2, -0.15) is 0 Å². The minimum absolute atomic E-state index is 0.0884. The van der Waals surface area contributed by atoms with Crippen molar-refractivity contribution in [1.29, 1.82) is 0 Å². The van der Waals surface area contributed by atoms with Crippen molar-refractivity contribution >= 4 is 28.2 Å². The van der Waals surface area contributed by atoms with E-state index in [9.17, 15) is 9.59 Å². The zero-order valence-electron chi connectivity index (χ0n) is 13.7. The van der Waals surface area contributed by atoms with Gasteiger partial charge in [-0.25, -0.2) is 0 Å². The van der Waals surface area contributed by atoms with Crippen LogP contribution < -0.4 is 16.5 Å². The number of fused-ring (bicyclic) bond motifs is 1. The molecule has 3 N–H and O–H groups in total. The molecule has 2 aromatic carbocycles. The smallest absolute Gasteiger partial charge is 0.261 e. The Morgan fingerprint density at radius 3 is 2.62 bits per heavy atom. The van der Waals surface area contributed by atoms with Crippen LogP contribution in [0.3, 0.4) is 0 Å². The second-order valence-electron chi connectivity index (χ2n) is 5.67. The predicted molar refractivity (Wildman–Crippen MR) is 97.4 cm³/mol. The first kappa shape index (κ1) is 15.8. The van der Waals surface area contributed by atoms with E-state index < -0.39 is 5.91 Å². The van der Waals surface area contributed by atoms with Crippen molar-refractivity contribution in [3.8, 4) is 0 Å². The summed E-state index contributed by atoms with van der Waals surface area (Å²) >= 11 is 0. The summed E-state index contributed by atoms with van der Waals surface area (Å²) in [5.41, 5.74) is 8.45. The first-order chi connectivity index (χ1) is 11.5. The first-order valence-corrected chi connectivity index (χ1v) is 7.81. The normalized spacial score (nSPS) is 10.8. The minimum Gasteiger partial charge on any atom is -0.398 e. The van der Waals surface area contributed by atoms with Crippen LogP contribution in [0.15, 0.2) is 53.5 Å². The number of carbonyl (C=O) groups excluding carboxylic acids is 1. The molecule has 5 nitrogen and oxygen atoms in total. The van der Waals surface area contributed by atoms with Gasteiger partial charge in [-0.1, -0.05) is 24.3 Å². The molecule has 0 aliphatic carbocycles. The second-order valence-corrected chi connectivity index (χ2v) is 5.67. The summed E-state index contributed by atoms with van der Waals surface area (Å²) in [7, 11) is 0. The number of nitrogens with two attached hydrogens (primary N) is 1. The molecule has 3 aromatic rings. The molecule has 0 unspecified atom stereocenters. The highest BCUT2D eigenvalue weighted by Crippen LogP contribution is 2.19. The summed E-state index contributed by atoms with van der Waals surface area (Å²) in [6.07, 6.45) is 1.59. The summed E-state index contributed by atoms with van der Waals surface area (Å²) in [5, 5.41) is 3.20. The Hall–Kier alpha value is -3.08. The summed E-state index contributed by atoms with van der Waals surface area (Å²) in [6.45, 7) is 4.49. The number of pyridine rings is 1. The van der Waals surface area contributed by atoms with Gasteiger partial charge in [-0.3, -0.25) is 9.59 Å². The quantitative estimate of drug-likeness (QED) is 0.727. The highest BCUT2D eigenvalue weighted by Gasteiger charge is 2.17. The lowest BCUT2D eigenvalue weighted by atomic mass is 10.1. The molecule has 122 valence electrons. The first-order valence-electron chi connectivity index (χ1n) is 7.81. The fourth-order valence-electron chi connectivity index (χ4n) is 2.79. The lowest BCUT2D eigenvalue weighted by molar-refractivity contribution is 0.102. The molecule has 0 aliphatic rings. The number of hydrogen-bond donors (Lipinski definition) is 2. The van der Waals surface area contributed by atoms with E-state index >= 15 is 0 Å². The van der Waals surface area contributed by atoms with E-state index in [-0.39, 0.29) is 11.0 Å². The van der Waals surface area contributed by atoms with Gasteiger partial charge in [0.05, 0.1) is 10.9 Å². The zero-order valence-corrected chi connectivity index (χ0v) is 13.7. The van der Waals surface area contributed by atoms with Crippen molar-refractivity contribution in [2.45, 2.75) is 20.4 Å². The van der Waals surface area contributed by atoms with Crippen molar-refractivity contribution in [3.63, 3.8) is 0 Å². The maximum Gasteiger partial charge on any atom is 0.261 e. The van der Waals surface area contributed by atoms with Gasteiger partial charge in [-0.05, 0) is 37.6 Å². The predicted octanol–water partition coefficient (Wildman–Crippen LogP) is 3.16. The zero-order chi connectivity index (χ0) is 17.3. The van der Waals surface area contributed by atoms with Gasteiger partial charge in [0.1, 0.15) is 5.56 Å². The van der Waals surface area contributed by atoms with Crippen LogP contribution in [-0.4, -0.2) is 10.5 Å². The molecule has 0 radical (unpaired) electrons. The highest BCUT2D eigenvalue weighted by molar-refractivity contribution is 6.07. The van der Waals surface area contributed by atoms with Gasteiger partial charge in [0, 0.05) is 24.1 Å². The summed E-state index contributed by atoms with van der Waals surface area (Å²) in [6, 6.07) is 12.7. The van der Waals surface area contributed by atoms with Crippen molar-refractivity contribution in [2.24, 2.45) is 0 Å². The Bertz CT molecular complexity index is 990. The lowest BCUT2D eigenvalue weighted by Gasteiger charge is -2.13. The van der Waals surface area contributed by atoms with E-state index in [2.05, 4.69) is 5.32 Å². The molecule has 1 aromatic heterocycles. The number of amides is 1. The number of rotatable bonds is 3. The fraction of sp³-hybridized carbons (Fsp3) is 0.158. The summed E-state index contributed by atoms with van der Waals surface area (Å²) in [5.74, 6) is -0.429. The average molecular weight is 321 g/mol. The summed E-state index contributed by atoms with van der Waals surface area (Å²) in [4.78, 5) is 25.4. The molecule has 0 saturated heterocycles. The van der Waals surface area contributed by atoms with Crippen LogP contribution in [0.5, 0.6) is 0 Å². The number of benzene rings is 2. The van der Waals surface area contributed by atoms with Crippen molar-refractivity contribution in [3.05, 3.63) is 70.0 Å². The third-order valence-electron chi connectivity index (χ3n) is 4.12. The van der Waals surface area contributed by atoms with Crippen LogP contribution >= 0.6 is 0 Å². The van der Waals surface area contributed by atoms with Crippen molar-refractivity contribution in [2.75, 3.05) is 11.1 Å². The maximum absolute atomic E-state index is 12.8. The number of carbonyl (C=O) groups is 1. The molecular weight excluding hydrogens is 302 g/mol. The SMILES string of the molecule is CCn1cc(C(=O)Nc2ccccc2C)c(=O)c2c(N)cccc21. The van der Waals surface area contributed by atoms with Crippen LogP contribution in [0.4, 0.5) is 11.4 Å². The third kappa shape index (κ3) is 2.65. The van der Waals surface area contributed by atoms with E-state index in [1.807, 2.05) is 42.7 Å². The van der Waals surface area contributed by atoms with E-state index in [0.29, 0.717) is 23.3 Å². The van der Waals surface area contributed by atoms with E-state index in [1.165, 1.54) is 0 Å².